The van der Waals surface area contributed by atoms with Crippen LogP contribution in [0.2, 0.25) is 0 Å². The minimum Gasteiger partial charge on any atom is -0.481 e. The van der Waals surface area contributed by atoms with Gasteiger partial charge >= 0.3 is 5.97 Å². The van der Waals surface area contributed by atoms with E-state index in [1.54, 1.807) is 18.2 Å². The first-order chi connectivity index (χ1) is 10.3. The molecule has 1 aromatic heterocycles. The molecule has 2 bridgehead atoms. The number of rotatable bonds is 3. The van der Waals surface area contributed by atoms with Gasteiger partial charge in [0.25, 0.3) is 0 Å². The molecule has 1 amide bonds. The minimum atomic E-state index is -1.03. The van der Waals surface area contributed by atoms with Crippen molar-refractivity contribution in [1.29, 1.82) is 0 Å². The lowest BCUT2D eigenvalue weighted by molar-refractivity contribution is -0.145. The highest BCUT2D eigenvalue weighted by atomic mass is 16.5. The van der Waals surface area contributed by atoms with Gasteiger partial charge in [-0.1, -0.05) is 38.1 Å². The van der Waals surface area contributed by atoms with Gasteiger partial charge in [-0.3, -0.25) is 9.59 Å². The average molecular weight is 306 g/mol. The number of carboxylic acids is 1. The maximum absolute atomic E-state index is 12.4. The summed E-state index contributed by atoms with van der Waals surface area (Å²) in [4.78, 5) is 23.8. The molecule has 0 unspecified atom stereocenters. The van der Waals surface area contributed by atoms with Crippen molar-refractivity contribution in [3.63, 3.8) is 0 Å². The number of nitrogens with one attached hydrogen (secondary N) is 1. The smallest absolute Gasteiger partial charge is 0.310 e. The molecule has 3 rings (SSSR count). The van der Waals surface area contributed by atoms with Gasteiger partial charge < -0.3 is 19.7 Å². The lowest BCUT2D eigenvalue weighted by Crippen LogP contribution is -2.39. The van der Waals surface area contributed by atoms with Gasteiger partial charge in [-0.15, -0.1) is 0 Å². The number of carbonyl (C=O) groups excluding carboxylic acids is 1. The van der Waals surface area contributed by atoms with Crippen molar-refractivity contribution in [2.24, 2.45) is 11.8 Å². The van der Waals surface area contributed by atoms with E-state index in [2.05, 4.69) is 10.5 Å². The second-order valence-corrected chi connectivity index (χ2v) is 6.66. The average Bonchev–Trinajstić information content (AvgIpc) is 3.11. The van der Waals surface area contributed by atoms with E-state index in [-0.39, 0.29) is 11.2 Å². The van der Waals surface area contributed by atoms with E-state index in [9.17, 15) is 14.7 Å². The molecule has 118 valence electrons. The lowest BCUT2D eigenvalue weighted by atomic mass is 9.82. The number of nitrogens with zero attached hydrogens (tertiary/aromatic N) is 1. The van der Waals surface area contributed by atoms with Crippen molar-refractivity contribution in [3.8, 4) is 0 Å². The van der Waals surface area contributed by atoms with E-state index in [0.29, 0.717) is 5.76 Å². The Morgan fingerprint density at radius 1 is 1.23 bits per heavy atom. The van der Waals surface area contributed by atoms with E-state index in [0.717, 1.165) is 0 Å². The first-order valence-electron chi connectivity index (χ1n) is 7.12. The second-order valence-electron chi connectivity index (χ2n) is 6.66. The van der Waals surface area contributed by atoms with Crippen LogP contribution in [0.25, 0.3) is 0 Å². The zero-order chi connectivity index (χ0) is 16.1. The third-order valence-electron chi connectivity index (χ3n) is 3.99. The van der Waals surface area contributed by atoms with Crippen molar-refractivity contribution in [1.82, 2.24) is 5.16 Å². The van der Waals surface area contributed by atoms with E-state index < -0.39 is 35.9 Å². The first-order valence-corrected chi connectivity index (χ1v) is 7.12. The summed E-state index contributed by atoms with van der Waals surface area (Å²) in [7, 11) is 0. The van der Waals surface area contributed by atoms with Crippen molar-refractivity contribution in [3.05, 3.63) is 24.0 Å². The fourth-order valence-corrected chi connectivity index (χ4v) is 2.81. The van der Waals surface area contributed by atoms with E-state index in [4.69, 9.17) is 9.26 Å². The molecule has 1 aromatic rings. The molecule has 2 aliphatic rings. The largest absolute Gasteiger partial charge is 0.481 e. The standard InChI is InChI=1S/C15H18N2O5/c1-15(2,3)9-6-10(17-22-9)16-13(18)11-7-4-5-8(21-7)12(11)14(19)20/h4-8,11-12H,1-3H3,(H,19,20)(H,16,17,18)/t7-,8+,11+,12+/m1/s1. The van der Waals surface area contributed by atoms with Gasteiger partial charge in [0.15, 0.2) is 5.82 Å². The fourth-order valence-electron chi connectivity index (χ4n) is 2.81. The molecule has 0 aromatic carbocycles. The summed E-state index contributed by atoms with van der Waals surface area (Å²) in [5.74, 6) is -2.16. The van der Waals surface area contributed by atoms with E-state index >= 15 is 0 Å². The van der Waals surface area contributed by atoms with Gasteiger partial charge in [0.05, 0.1) is 18.1 Å². The highest BCUT2D eigenvalue weighted by molar-refractivity contribution is 5.96. The van der Waals surface area contributed by atoms with Crippen LogP contribution >= 0.6 is 0 Å². The molecule has 0 saturated carbocycles. The Morgan fingerprint density at radius 3 is 2.41 bits per heavy atom. The molecule has 3 heterocycles. The Hall–Kier alpha value is -2.15. The quantitative estimate of drug-likeness (QED) is 0.822. The molecule has 0 radical (unpaired) electrons. The topological polar surface area (TPSA) is 102 Å². The molecule has 1 saturated heterocycles. The van der Waals surface area contributed by atoms with Crippen LogP contribution in [0, 0.1) is 11.8 Å². The molecule has 2 N–H and O–H groups in total. The zero-order valence-corrected chi connectivity index (χ0v) is 12.6. The van der Waals surface area contributed by atoms with Gasteiger partial charge in [-0.25, -0.2) is 0 Å². The van der Waals surface area contributed by atoms with Crippen LogP contribution in [0.5, 0.6) is 0 Å². The molecule has 7 heteroatoms. The third-order valence-corrected chi connectivity index (χ3v) is 3.99. The predicted octanol–water partition coefficient (Wildman–Crippen LogP) is 1.56. The summed E-state index contributed by atoms with van der Waals surface area (Å²) in [5, 5.41) is 15.7. The van der Waals surface area contributed by atoms with Gasteiger partial charge in [0.2, 0.25) is 5.91 Å². The van der Waals surface area contributed by atoms with E-state index in [1.807, 2.05) is 20.8 Å². The summed E-state index contributed by atoms with van der Waals surface area (Å²) in [6.45, 7) is 5.90. The number of hydrogen-bond acceptors (Lipinski definition) is 5. The number of anilines is 1. The molecular formula is C15H18N2O5. The van der Waals surface area contributed by atoms with E-state index in [1.165, 1.54) is 0 Å². The Bertz CT molecular complexity index is 643. The summed E-state index contributed by atoms with van der Waals surface area (Å²) in [5.41, 5.74) is -0.224. The summed E-state index contributed by atoms with van der Waals surface area (Å²) >= 11 is 0. The second kappa shape index (κ2) is 4.95. The molecule has 1 fully saturated rings. The Kier molecular flexibility index (Phi) is 3.32. The highest BCUT2D eigenvalue weighted by Crippen LogP contribution is 2.40. The number of carboxylic acid groups (broad SMARTS) is 1. The number of fused-ring (bicyclic) bond motifs is 2. The number of aliphatic carboxylic acids is 1. The fraction of sp³-hybridized carbons (Fsp3) is 0.533. The molecule has 2 aliphatic heterocycles. The Morgan fingerprint density at radius 2 is 1.86 bits per heavy atom. The summed E-state index contributed by atoms with van der Waals surface area (Å²) in [6, 6.07) is 1.65. The molecule has 7 nitrogen and oxygen atoms in total. The number of aromatic nitrogens is 1. The minimum absolute atomic E-state index is 0.224. The van der Waals surface area contributed by atoms with Crippen molar-refractivity contribution in [2.45, 2.75) is 38.4 Å². The zero-order valence-electron chi connectivity index (χ0n) is 12.6. The number of amides is 1. The van der Waals surface area contributed by atoms with Crippen LogP contribution in [0.15, 0.2) is 22.7 Å². The predicted molar refractivity (Wildman–Crippen MR) is 76.2 cm³/mol. The van der Waals surface area contributed by atoms with Crippen molar-refractivity contribution < 1.29 is 24.0 Å². The monoisotopic (exact) mass is 306 g/mol. The van der Waals surface area contributed by atoms with Crippen LogP contribution in [0.3, 0.4) is 0 Å². The number of carbonyl (C=O) groups is 2. The first kappa shape index (κ1) is 14.8. The lowest BCUT2D eigenvalue weighted by Gasteiger charge is -2.20. The maximum Gasteiger partial charge on any atom is 0.310 e. The van der Waals surface area contributed by atoms with Crippen LogP contribution in [0.1, 0.15) is 26.5 Å². The normalized spacial score (nSPS) is 29.8. The summed E-state index contributed by atoms with van der Waals surface area (Å²) < 4.78 is 10.7. The van der Waals surface area contributed by atoms with Crippen LogP contribution < -0.4 is 5.32 Å². The molecule has 0 aliphatic carbocycles. The molecular weight excluding hydrogens is 288 g/mol. The van der Waals surface area contributed by atoms with Crippen molar-refractivity contribution >= 4 is 17.7 Å². The number of ether oxygens (including phenoxy) is 1. The van der Waals surface area contributed by atoms with Gasteiger partial charge in [-0.05, 0) is 0 Å². The van der Waals surface area contributed by atoms with Crippen LogP contribution in [-0.2, 0) is 19.7 Å². The van der Waals surface area contributed by atoms with Crippen LogP contribution in [0.4, 0.5) is 5.82 Å². The summed E-state index contributed by atoms with van der Waals surface area (Å²) in [6.07, 6.45) is 2.39. The SMILES string of the molecule is CC(C)(C)c1cc(NC(=O)[C@@H]2[C@@H](C(=O)O)[C@@H]3C=C[C@H]2O3)no1. The molecule has 4 atom stereocenters. The maximum atomic E-state index is 12.4. The Labute approximate surface area is 127 Å². The molecule has 22 heavy (non-hydrogen) atoms. The van der Waals surface area contributed by atoms with Gasteiger partial charge in [0.1, 0.15) is 11.7 Å². The third kappa shape index (κ3) is 2.41. The van der Waals surface area contributed by atoms with Crippen molar-refractivity contribution in [2.75, 3.05) is 5.32 Å². The highest BCUT2D eigenvalue weighted by Gasteiger charge is 2.53. The Balaban J connectivity index is 1.76. The van der Waals surface area contributed by atoms with Gasteiger partial charge in [-0.2, -0.15) is 0 Å². The number of hydrogen-bond donors (Lipinski definition) is 2. The van der Waals surface area contributed by atoms with Gasteiger partial charge in [0, 0.05) is 11.5 Å². The molecule has 0 spiro atoms. The van der Waals surface area contributed by atoms with Crippen LogP contribution in [-0.4, -0.2) is 34.3 Å².